The number of benzene rings is 1. The molecule has 1 heterocycles. The van der Waals surface area contributed by atoms with Gasteiger partial charge < -0.3 is 10.6 Å². The molecule has 88 valence electrons. The van der Waals surface area contributed by atoms with E-state index in [1.807, 2.05) is 0 Å². The van der Waals surface area contributed by atoms with Gasteiger partial charge in [-0.3, -0.25) is 0 Å². The van der Waals surface area contributed by atoms with Gasteiger partial charge >= 0.3 is 0 Å². The Labute approximate surface area is 96.2 Å². The van der Waals surface area contributed by atoms with Crippen molar-refractivity contribution in [1.82, 2.24) is 0 Å². The number of nitrogens with two attached hydrogens (primary N) is 1. The monoisotopic (exact) mass is 222 g/mol. The molecule has 2 nitrogen and oxygen atoms in total. The summed E-state index contributed by atoms with van der Waals surface area (Å²) in [5.74, 6) is -0.204. The summed E-state index contributed by atoms with van der Waals surface area (Å²) in [6.07, 6.45) is 4.72. The Hall–Kier alpha value is -1.25. The lowest BCUT2D eigenvalue weighted by Crippen LogP contribution is -2.39. The van der Waals surface area contributed by atoms with Crippen LogP contribution in [0.25, 0.3) is 0 Å². The summed E-state index contributed by atoms with van der Waals surface area (Å²) in [4.78, 5) is 2.27. The maximum atomic E-state index is 13.3. The molecular formula is C13H19FN2. The molecule has 16 heavy (non-hydrogen) atoms. The fraction of sp³-hybridized carbons (Fsp3) is 0.538. The number of piperidine rings is 1. The van der Waals surface area contributed by atoms with E-state index < -0.39 is 0 Å². The van der Waals surface area contributed by atoms with E-state index in [9.17, 15) is 4.39 Å². The molecular weight excluding hydrogens is 203 g/mol. The minimum Gasteiger partial charge on any atom is -0.397 e. The molecule has 1 aromatic carbocycles. The highest BCUT2D eigenvalue weighted by Crippen LogP contribution is 2.31. The van der Waals surface area contributed by atoms with Gasteiger partial charge in [0.1, 0.15) is 5.82 Å². The molecule has 0 bridgehead atoms. The zero-order valence-electron chi connectivity index (χ0n) is 9.75. The van der Waals surface area contributed by atoms with Crippen LogP contribution in [0.3, 0.4) is 0 Å². The van der Waals surface area contributed by atoms with Gasteiger partial charge in [-0.15, -0.1) is 0 Å². The van der Waals surface area contributed by atoms with Gasteiger partial charge in [-0.1, -0.05) is 6.92 Å². The SMILES string of the molecule is CCC1CCCCN1c1cc(F)ccc1N. The van der Waals surface area contributed by atoms with Gasteiger partial charge in [-0.05, 0) is 43.9 Å². The Kier molecular flexibility index (Phi) is 3.32. The molecule has 1 atom stereocenters. The van der Waals surface area contributed by atoms with Crippen LogP contribution in [0, 0.1) is 5.82 Å². The summed E-state index contributed by atoms with van der Waals surface area (Å²) >= 11 is 0. The van der Waals surface area contributed by atoms with Crippen LogP contribution in [0.2, 0.25) is 0 Å². The van der Waals surface area contributed by atoms with Crippen molar-refractivity contribution in [3.05, 3.63) is 24.0 Å². The van der Waals surface area contributed by atoms with Gasteiger partial charge in [0.25, 0.3) is 0 Å². The Morgan fingerprint density at radius 1 is 1.44 bits per heavy atom. The third kappa shape index (κ3) is 2.13. The first-order valence-corrected chi connectivity index (χ1v) is 6.04. The highest BCUT2D eigenvalue weighted by molar-refractivity contribution is 5.68. The Morgan fingerprint density at radius 2 is 2.25 bits per heavy atom. The van der Waals surface area contributed by atoms with E-state index in [-0.39, 0.29) is 5.82 Å². The second kappa shape index (κ2) is 4.73. The molecule has 3 heteroatoms. The van der Waals surface area contributed by atoms with Gasteiger partial charge in [-0.25, -0.2) is 4.39 Å². The second-order valence-corrected chi connectivity index (χ2v) is 4.45. The van der Waals surface area contributed by atoms with Crippen molar-refractivity contribution in [3.63, 3.8) is 0 Å². The van der Waals surface area contributed by atoms with Crippen molar-refractivity contribution in [1.29, 1.82) is 0 Å². The molecule has 1 unspecified atom stereocenters. The second-order valence-electron chi connectivity index (χ2n) is 4.45. The Bertz CT molecular complexity index is 365. The van der Waals surface area contributed by atoms with Crippen LogP contribution in [0.4, 0.5) is 15.8 Å². The number of rotatable bonds is 2. The van der Waals surface area contributed by atoms with Crippen LogP contribution in [-0.2, 0) is 0 Å². The first kappa shape index (κ1) is 11.2. The molecule has 1 aromatic rings. The van der Waals surface area contributed by atoms with Crippen LogP contribution in [0.15, 0.2) is 18.2 Å². The number of halogens is 1. The number of nitrogens with zero attached hydrogens (tertiary/aromatic N) is 1. The van der Waals surface area contributed by atoms with Gasteiger partial charge in [0.05, 0.1) is 11.4 Å². The third-order valence-electron chi connectivity index (χ3n) is 3.40. The van der Waals surface area contributed by atoms with Crippen molar-refractivity contribution in [2.24, 2.45) is 0 Å². The average Bonchev–Trinajstić information content (AvgIpc) is 2.32. The summed E-state index contributed by atoms with van der Waals surface area (Å²) in [5.41, 5.74) is 7.48. The number of nitrogen functional groups attached to an aromatic ring is 1. The van der Waals surface area contributed by atoms with Crippen molar-refractivity contribution in [2.75, 3.05) is 17.2 Å². The quantitative estimate of drug-likeness (QED) is 0.779. The summed E-state index contributed by atoms with van der Waals surface area (Å²) < 4.78 is 13.3. The van der Waals surface area contributed by atoms with E-state index in [2.05, 4.69) is 11.8 Å². The van der Waals surface area contributed by atoms with Crippen molar-refractivity contribution in [3.8, 4) is 0 Å². The van der Waals surface area contributed by atoms with E-state index in [0.717, 1.165) is 18.7 Å². The van der Waals surface area contributed by atoms with Crippen LogP contribution in [0.1, 0.15) is 32.6 Å². The van der Waals surface area contributed by atoms with Gasteiger partial charge in [-0.2, -0.15) is 0 Å². The van der Waals surface area contributed by atoms with Crippen LogP contribution in [0.5, 0.6) is 0 Å². The normalized spacial score (nSPS) is 21.1. The minimum atomic E-state index is -0.204. The number of hydrogen-bond acceptors (Lipinski definition) is 2. The smallest absolute Gasteiger partial charge is 0.125 e. The lowest BCUT2D eigenvalue weighted by molar-refractivity contribution is 0.449. The fourth-order valence-corrected chi connectivity index (χ4v) is 2.51. The van der Waals surface area contributed by atoms with Gasteiger partial charge in [0, 0.05) is 12.6 Å². The van der Waals surface area contributed by atoms with E-state index in [0.29, 0.717) is 11.7 Å². The third-order valence-corrected chi connectivity index (χ3v) is 3.40. The van der Waals surface area contributed by atoms with E-state index in [4.69, 9.17) is 5.73 Å². The van der Waals surface area contributed by atoms with Crippen molar-refractivity contribution >= 4 is 11.4 Å². The predicted octanol–water partition coefficient (Wildman–Crippen LogP) is 3.18. The molecule has 0 aromatic heterocycles. The summed E-state index contributed by atoms with van der Waals surface area (Å²) in [6.45, 7) is 3.17. The minimum absolute atomic E-state index is 0.204. The highest BCUT2D eigenvalue weighted by atomic mass is 19.1. The Balaban J connectivity index is 2.30. The van der Waals surface area contributed by atoms with Gasteiger partial charge in [0.15, 0.2) is 0 Å². The zero-order chi connectivity index (χ0) is 11.5. The van der Waals surface area contributed by atoms with Crippen LogP contribution >= 0.6 is 0 Å². The molecule has 0 aliphatic carbocycles. The molecule has 0 radical (unpaired) electrons. The molecule has 1 aliphatic heterocycles. The van der Waals surface area contributed by atoms with E-state index in [1.165, 1.54) is 25.3 Å². The lowest BCUT2D eigenvalue weighted by Gasteiger charge is -2.37. The molecule has 1 aliphatic rings. The largest absolute Gasteiger partial charge is 0.397 e. The standard InChI is InChI=1S/C13H19FN2/c1-2-11-5-3-4-8-16(11)13-9-10(14)6-7-12(13)15/h6-7,9,11H,2-5,8,15H2,1H3. The fourth-order valence-electron chi connectivity index (χ4n) is 2.51. The Morgan fingerprint density at radius 3 is 3.00 bits per heavy atom. The van der Waals surface area contributed by atoms with E-state index >= 15 is 0 Å². The molecule has 2 N–H and O–H groups in total. The van der Waals surface area contributed by atoms with Gasteiger partial charge in [0.2, 0.25) is 0 Å². The first-order valence-electron chi connectivity index (χ1n) is 6.04. The lowest BCUT2D eigenvalue weighted by atomic mass is 9.99. The maximum absolute atomic E-state index is 13.3. The maximum Gasteiger partial charge on any atom is 0.125 e. The first-order chi connectivity index (χ1) is 7.72. The number of anilines is 2. The molecule has 1 fully saturated rings. The van der Waals surface area contributed by atoms with Crippen molar-refractivity contribution < 1.29 is 4.39 Å². The highest BCUT2D eigenvalue weighted by Gasteiger charge is 2.22. The molecule has 0 saturated carbocycles. The summed E-state index contributed by atoms with van der Waals surface area (Å²) in [7, 11) is 0. The van der Waals surface area contributed by atoms with Crippen LogP contribution in [-0.4, -0.2) is 12.6 Å². The average molecular weight is 222 g/mol. The number of hydrogen-bond donors (Lipinski definition) is 1. The topological polar surface area (TPSA) is 29.3 Å². The summed E-state index contributed by atoms with van der Waals surface area (Å²) in [5, 5.41) is 0. The van der Waals surface area contributed by atoms with E-state index in [1.54, 1.807) is 12.1 Å². The van der Waals surface area contributed by atoms with Crippen LogP contribution < -0.4 is 10.6 Å². The zero-order valence-corrected chi connectivity index (χ0v) is 9.75. The molecule has 0 amide bonds. The predicted molar refractivity (Wildman–Crippen MR) is 66.1 cm³/mol. The van der Waals surface area contributed by atoms with Crippen molar-refractivity contribution in [2.45, 2.75) is 38.6 Å². The summed E-state index contributed by atoms with van der Waals surface area (Å²) in [6, 6.07) is 5.15. The molecule has 2 rings (SSSR count). The molecule has 1 saturated heterocycles. The molecule has 0 spiro atoms.